The van der Waals surface area contributed by atoms with Crippen molar-refractivity contribution in [1.82, 2.24) is 0 Å². The van der Waals surface area contributed by atoms with Gasteiger partial charge in [-0.15, -0.1) is 0 Å². The molecule has 0 aromatic heterocycles. The molecule has 0 aromatic rings. The van der Waals surface area contributed by atoms with E-state index < -0.39 is 0 Å². The summed E-state index contributed by atoms with van der Waals surface area (Å²) in [6.07, 6.45) is 62.1. The molecule has 0 aliphatic rings. The van der Waals surface area contributed by atoms with Gasteiger partial charge >= 0.3 is 0 Å². The van der Waals surface area contributed by atoms with Crippen molar-refractivity contribution in [3.8, 4) is 0 Å². The minimum atomic E-state index is 0.962. The summed E-state index contributed by atoms with van der Waals surface area (Å²) in [5.74, 6) is 1.92. The van der Waals surface area contributed by atoms with Gasteiger partial charge in [0.1, 0.15) is 0 Å². The van der Waals surface area contributed by atoms with Crippen molar-refractivity contribution in [2.75, 3.05) is 0 Å². The van der Waals surface area contributed by atoms with E-state index in [1.54, 1.807) is 0 Å². The summed E-state index contributed by atoms with van der Waals surface area (Å²) in [5.41, 5.74) is 0. The molecular formula is C48H98. The van der Waals surface area contributed by atoms with Crippen LogP contribution in [0.4, 0.5) is 0 Å². The first-order chi connectivity index (χ1) is 23.7. The second-order valence-corrected chi connectivity index (χ2v) is 17.1. The summed E-state index contributed by atoms with van der Waals surface area (Å²) < 4.78 is 0. The third kappa shape index (κ3) is 42.2. The van der Waals surface area contributed by atoms with Crippen LogP contribution in [0.2, 0.25) is 0 Å². The van der Waals surface area contributed by atoms with Gasteiger partial charge in [-0.25, -0.2) is 0 Å². The second-order valence-electron chi connectivity index (χ2n) is 17.1. The van der Waals surface area contributed by atoms with Crippen LogP contribution >= 0.6 is 0 Å². The molecule has 0 radical (unpaired) electrons. The van der Waals surface area contributed by atoms with Crippen LogP contribution in [-0.2, 0) is 0 Å². The Morgan fingerprint density at radius 2 is 0.312 bits per heavy atom. The van der Waals surface area contributed by atoms with Gasteiger partial charge in [0.2, 0.25) is 0 Å². The molecule has 0 saturated heterocycles. The van der Waals surface area contributed by atoms with Crippen molar-refractivity contribution in [3.63, 3.8) is 0 Å². The highest BCUT2D eigenvalue weighted by atomic mass is 14.1. The molecule has 0 N–H and O–H groups in total. The highest BCUT2D eigenvalue weighted by Crippen LogP contribution is 2.21. The molecule has 0 saturated carbocycles. The van der Waals surface area contributed by atoms with Gasteiger partial charge < -0.3 is 0 Å². The number of hydrogen-bond donors (Lipinski definition) is 0. The number of unbranched alkanes of at least 4 members (excludes halogenated alkanes) is 35. The Labute approximate surface area is 308 Å². The minimum Gasteiger partial charge on any atom is -0.0654 e. The van der Waals surface area contributed by atoms with Crippen molar-refractivity contribution in [2.45, 2.75) is 297 Å². The summed E-state index contributed by atoms with van der Waals surface area (Å²) in [4.78, 5) is 0. The maximum Gasteiger partial charge on any atom is -0.0443 e. The van der Waals surface area contributed by atoms with E-state index in [2.05, 4.69) is 27.7 Å². The van der Waals surface area contributed by atoms with E-state index in [0.717, 1.165) is 11.8 Å². The molecule has 0 heterocycles. The quantitative estimate of drug-likeness (QED) is 0.0565. The van der Waals surface area contributed by atoms with Crippen molar-refractivity contribution in [1.29, 1.82) is 0 Å². The molecule has 290 valence electrons. The SMILES string of the molecule is CCCCCCCCCCCCCCCCC(C)CCCCCCCCCCCCC(C)CCCCCCCCCCCCCCCC. The largest absolute Gasteiger partial charge is 0.0654 e. The summed E-state index contributed by atoms with van der Waals surface area (Å²) in [6.45, 7) is 9.66. The first-order valence-electron chi connectivity index (χ1n) is 23.7. The lowest BCUT2D eigenvalue weighted by atomic mass is 9.95. The lowest BCUT2D eigenvalue weighted by Crippen LogP contribution is -1.95. The van der Waals surface area contributed by atoms with Gasteiger partial charge in [-0.2, -0.15) is 0 Å². The normalized spacial score (nSPS) is 13.0. The zero-order valence-electron chi connectivity index (χ0n) is 34.9. The Morgan fingerprint density at radius 1 is 0.188 bits per heavy atom. The fourth-order valence-electron chi connectivity index (χ4n) is 8.06. The number of hydrogen-bond acceptors (Lipinski definition) is 0. The number of rotatable bonds is 43. The Balaban J connectivity index is 3.21. The Kier molecular flexibility index (Phi) is 43.2. The molecular weight excluding hydrogens is 577 g/mol. The lowest BCUT2D eigenvalue weighted by Gasteiger charge is -2.11. The van der Waals surface area contributed by atoms with Crippen LogP contribution in [0.15, 0.2) is 0 Å². The first-order valence-corrected chi connectivity index (χ1v) is 23.7. The average molecular weight is 675 g/mol. The third-order valence-electron chi connectivity index (χ3n) is 11.7. The smallest absolute Gasteiger partial charge is 0.0443 e. The standard InChI is InChI=1S/C48H98/c1-5-7-9-11-13-15-17-19-21-23-27-31-35-39-43-47(3)45-41-37-33-29-25-26-30-34-38-42-46-48(4)44-40-36-32-28-24-22-20-18-16-14-12-10-8-6-2/h47-48H,5-46H2,1-4H3. The molecule has 2 atom stereocenters. The lowest BCUT2D eigenvalue weighted by molar-refractivity contribution is 0.426. The first kappa shape index (κ1) is 48.0. The topological polar surface area (TPSA) is 0 Å². The highest BCUT2D eigenvalue weighted by molar-refractivity contribution is 4.58. The van der Waals surface area contributed by atoms with Crippen molar-refractivity contribution in [3.05, 3.63) is 0 Å². The van der Waals surface area contributed by atoms with Crippen LogP contribution in [0.3, 0.4) is 0 Å². The van der Waals surface area contributed by atoms with Gasteiger partial charge in [0.15, 0.2) is 0 Å². The van der Waals surface area contributed by atoms with E-state index in [4.69, 9.17) is 0 Å². The van der Waals surface area contributed by atoms with Crippen LogP contribution in [0.1, 0.15) is 297 Å². The van der Waals surface area contributed by atoms with E-state index in [9.17, 15) is 0 Å². The molecule has 0 spiro atoms. The van der Waals surface area contributed by atoms with Gasteiger partial charge in [-0.3, -0.25) is 0 Å². The summed E-state index contributed by atoms with van der Waals surface area (Å²) in [5, 5.41) is 0. The van der Waals surface area contributed by atoms with E-state index in [0.29, 0.717) is 0 Å². The van der Waals surface area contributed by atoms with Gasteiger partial charge in [-0.1, -0.05) is 297 Å². The van der Waals surface area contributed by atoms with E-state index in [1.807, 2.05) is 0 Å². The van der Waals surface area contributed by atoms with E-state index in [1.165, 1.54) is 270 Å². The van der Waals surface area contributed by atoms with Gasteiger partial charge in [0, 0.05) is 0 Å². The maximum absolute atomic E-state index is 2.52. The third-order valence-corrected chi connectivity index (χ3v) is 11.7. The monoisotopic (exact) mass is 675 g/mol. The molecule has 0 nitrogen and oxygen atoms in total. The Morgan fingerprint density at radius 3 is 0.458 bits per heavy atom. The van der Waals surface area contributed by atoms with Crippen molar-refractivity contribution >= 4 is 0 Å². The summed E-state index contributed by atoms with van der Waals surface area (Å²) >= 11 is 0. The predicted molar refractivity (Wildman–Crippen MR) is 224 cm³/mol. The second kappa shape index (κ2) is 43.2. The zero-order valence-corrected chi connectivity index (χ0v) is 34.9. The summed E-state index contributed by atoms with van der Waals surface area (Å²) in [6, 6.07) is 0. The molecule has 48 heavy (non-hydrogen) atoms. The van der Waals surface area contributed by atoms with Crippen LogP contribution in [-0.4, -0.2) is 0 Å². The average Bonchev–Trinajstić information content (AvgIpc) is 3.09. The van der Waals surface area contributed by atoms with Crippen molar-refractivity contribution in [2.24, 2.45) is 11.8 Å². The summed E-state index contributed by atoms with van der Waals surface area (Å²) in [7, 11) is 0. The fraction of sp³-hybridized carbons (Fsp3) is 1.00. The fourth-order valence-corrected chi connectivity index (χ4v) is 8.06. The zero-order chi connectivity index (χ0) is 34.9. The molecule has 0 bridgehead atoms. The maximum atomic E-state index is 2.52. The van der Waals surface area contributed by atoms with Crippen LogP contribution in [0.5, 0.6) is 0 Å². The van der Waals surface area contributed by atoms with Gasteiger partial charge in [0.05, 0.1) is 0 Å². The molecule has 0 amide bonds. The van der Waals surface area contributed by atoms with E-state index >= 15 is 0 Å². The molecule has 0 aliphatic carbocycles. The van der Waals surface area contributed by atoms with Crippen molar-refractivity contribution < 1.29 is 0 Å². The van der Waals surface area contributed by atoms with Crippen LogP contribution in [0.25, 0.3) is 0 Å². The van der Waals surface area contributed by atoms with Crippen LogP contribution < -0.4 is 0 Å². The Hall–Kier alpha value is 0. The Bertz CT molecular complexity index is 488. The van der Waals surface area contributed by atoms with Crippen LogP contribution in [0, 0.1) is 11.8 Å². The molecule has 2 unspecified atom stereocenters. The van der Waals surface area contributed by atoms with Gasteiger partial charge in [-0.05, 0) is 11.8 Å². The van der Waals surface area contributed by atoms with E-state index in [-0.39, 0.29) is 0 Å². The molecule has 0 aliphatic heterocycles. The minimum absolute atomic E-state index is 0.962. The van der Waals surface area contributed by atoms with Gasteiger partial charge in [0.25, 0.3) is 0 Å². The molecule has 0 rings (SSSR count). The molecule has 0 fully saturated rings. The molecule has 0 aromatic carbocycles. The highest BCUT2D eigenvalue weighted by Gasteiger charge is 2.04. The molecule has 0 heteroatoms. The predicted octanol–water partition coefficient (Wildman–Crippen LogP) is 18.7.